The minimum absolute atomic E-state index is 0.666. The second kappa shape index (κ2) is 8.99. The molecule has 0 aliphatic rings. The van der Waals surface area contributed by atoms with Crippen LogP contribution in [0.1, 0.15) is 12.6 Å². The van der Waals surface area contributed by atoms with Gasteiger partial charge in [0.2, 0.25) is 0 Å². The molecule has 4 rings (SSSR count). The van der Waals surface area contributed by atoms with E-state index in [-0.39, 0.29) is 0 Å². The minimum atomic E-state index is 0.666. The molecule has 4 nitrogen and oxygen atoms in total. The molecule has 0 aliphatic carbocycles. The van der Waals surface area contributed by atoms with Crippen LogP contribution in [-0.4, -0.2) is 16.2 Å². The van der Waals surface area contributed by atoms with Crippen molar-refractivity contribution in [3.8, 4) is 16.3 Å². The lowest BCUT2D eigenvalue weighted by Gasteiger charge is -2.08. The van der Waals surface area contributed by atoms with E-state index in [0.29, 0.717) is 6.61 Å². The second-order valence-corrected chi connectivity index (χ2v) is 7.93. The number of hydrogen-bond acceptors (Lipinski definition) is 5. The van der Waals surface area contributed by atoms with E-state index in [0.717, 1.165) is 34.9 Å². The molecule has 3 aromatic heterocycles. The van der Waals surface area contributed by atoms with Crippen LogP contribution in [0.2, 0.25) is 0 Å². The van der Waals surface area contributed by atoms with Crippen molar-refractivity contribution >= 4 is 28.4 Å². The van der Waals surface area contributed by atoms with E-state index in [1.165, 1.54) is 10.6 Å². The first-order chi connectivity index (χ1) is 13.8. The molecule has 142 valence electrons. The van der Waals surface area contributed by atoms with E-state index >= 15 is 0 Å². The Hall–Kier alpha value is -2.70. The summed E-state index contributed by atoms with van der Waals surface area (Å²) in [6, 6.07) is 18.2. The third-order valence-electron chi connectivity index (χ3n) is 4.26. The first kappa shape index (κ1) is 18.7. The molecule has 0 bridgehead atoms. The van der Waals surface area contributed by atoms with Gasteiger partial charge in [0.15, 0.2) is 4.80 Å². The topological polar surface area (TPSA) is 39.4 Å². The average molecular weight is 408 g/mol. The van der Waals surface area contributed by atoms with Gasteiger partial charge in [-0.15, -0.1) is 22.7 Å². The fraction of sp³-hybridized carbons (Fsp3) is 0.182. The van der Waals surface area contributed by atoms with E-state index in [9.17, 15) is 0 Å². The predicted octanol–water partition coefficient (Wildman–Crippen LogP) is 5.55. The van der Waals surface area contributed by atoms with Gasteiger partial charge >= 0.3 is 0 Å². The monoisotopic (exact) mass is 407 g/mol. The molecular formula is C22H21N3OS2. The molecule has 6 heteroatoms. The van der Waals surface area contributed by atoms with Crippen molar-refractivity contribution in [3.63, 3.8) is 0 Å². The van der Waals surface area contributed by atoms with Gasteiger partial charge in [0.05, 0.1) is 22.9 Å². The van der Waals surface area contributed by atoms with Gasteiger partial charge in [-0.2, -0.15) is 0 Å². The van der Waals surface area contributed by atoms with Crippen LogP contribution in [0.25, 0.3) is 10.6 Å². The standard InChI is InChI=1S/C22H21N3OS2/c1-2-26-19-10-8-18(9-11-19)24-22-25(14-12-17-6-3-4-13-23-17)20(16-28-22)21-7-5-15-27-21/h3-11,13,15-16H,2,12,14H2,1H3. The molecule has 0 saturated carbocycles. The van der Waals surface area contributed by atoms with Gasteiger partial charge in [0, 0.05) is 30.2 Å². The number of aryl methyl sites for hydroxylation is 1. The van der Waals surface area contributed by atoms with Crippen molar-refractivity contribution in [2.45, 2.75) is 19.9 Å². The summed E-state index contributed by atoms with van der Waals surface area (Å²) in [5.74, 6) is 0.870. The molecule has 28 heavy (non-hydrogen) atoms. The molecule has 0 radical (unpaired) electrons. The van der Waals surface area contributed by atoms with Gasteiger partial charge in [-0.3, -0.25) is 4.98 Å². The molecule has 0 amide bonds. The van der Waals surface area contributed by atoms with Crippen molar-refractivity contribution in [1.82, 2.24) is 9.55 Å². The molecule has 3 heterocycles. The summed E-state index contributed by atoms with van der Waals surface area (Å²) in [6.07, 6.45) is 2.71. The van der Waals surface area contributed by atoms with Crippen LogP contribution in [0.3, 0.4) is 0 Å². The van der Waals surface area contributed by atoms with Crippen molar-refractivity contribution in [1.29, 1.82) is 0 Å². The van der Waals surface area contributed by atoms with Crippen molar-refractivity contribution in [3.05, 3.63) is 82.0 Å². The van der Waals surface area contributed by atoms with Gasteiger partial charge in [-0.25, -0.2) is 4.99 Å². The first-order valence-corrected chi connectivity index (χ1v) is 11.0. The van der Waals surface area contributed by atoms with Crippen molar-refractivity contribution in [2.75, 3.05) is 6.61 Å². The smallest absolute Gasteiger partial charge is 0.190 e. The zero-order chi connectivity index (χ0) is 19.2. The van der Waals surface area contributed by atoms with Gasteiger partial charge < -0.3 is 9.30 Å². The lowest BCUT2D eigenvalue weighted by molar-refractivity contribution is 0.340. The highest BCUT2D eigenvalue weighted by atomic mass is 32.1. The zero-order valence-electron chi connectivity index (χ0n) is 15.6. The fourth-order valence-electron chi connectivity index (χ4n) is 2.92. The molecule has 1 aromatic carbocycles. The summed E-state index contributed by atoms with van der Waals surface area (Å²) >= 11 is 3.42. The van der Waals surface area contributed by atoms with Gasteiger partial charge in [-0.1, -0.05) is 12.1 Å². The minimum Gasteiger partial charge on any atom is -0.494 e. The molecule has 0 aliphatic heterocycles. The van der Waals surface area contributed by atoms with E-state index in [1.807, 2.05) is 49.5 Å². The zero-order valence-corrected chi connectivity index (χ0v) is 17.2. The highest BCUT2D eigenvalue weighted by Crippen LogP contribution is 2.26. The van der Waals surface area contributed by atoms with Crippen LogP contribution in [0.4, 0.5) is 5.69 Å². The Morgan fingerprint density at radius 2 is 1.93 bits per heavy atom. The highest BCUT2D eigenvalue weighted by Gasteiger charge is 2.09. The van der Waals surface area contributed by atoms with Crippen LogP contribution < -0.4 is 9.54 Å². The second-order valence-electron chi connectivity index (χ2n) is 6.14. The Morgan fingerprint density at radius 1 is 1.04 bits per heavy atom. The molecule has 0 unspecified atom stereocenters. The Morgan fingerprint density at radius 3 is 2.64 bits per heavy atom. The fourth-order valence-corrected chi connectivity index (χ4v) is 4.69. The quantitative estimate of drug-likeness (QED) is 0.403. The Labute approximate surface area is 172 Å². The predicted molar refractivity (Wildman–Crippen MR) is 116 cm³/mol. The molecule has 4 aromatic rings. The molecule has 0 N–H and O–H groups in total. The van der Waals surface area contributed by atoms with Crippen molar-refractivity contribution in [2.24, 2.45) is 4.99 Å². The molecule has 0 fully saturated rings. The number of benzene rings is 1. The van der Waals surface area contributed by atoms with Crippen LogP contribution in [0.15, 0.2) is 76.5 Å². The lowest BCUT2D eigenvalue weighted by Crippen LogP contribution is -2.17. The summed E-state index contributed by atoms with van der Waals surface area (Å²) in [6.45, 7) is 3.49. The molecule has 0 spiro atoms. The number of thiazole rings is 1. The highest BCUT2D eigenvalue weighted by molar-refractivity contribution is 7.14. The third-order valence-corrected chi connectivity index (χ3v) is 6.02. The molecular weight excluding hydrogens is 386 g/mol. The summed E-state index contributed by atoms with van der Waals surface area (Å²) in [7, 11) is 0. The average Bonchev–Trinajstić information content (AvgIpc) is 3.39. The third kappa shape index (κ3) is 4.40. The van der Waals surface area contributed by atoms with Crippen LogP contribution >= 0.6 is 22.7 Å². The van der Waals surface area contributed by atoms with E-state index in [4.69, 9.17) is 9.73 Å². The number of rotatable bonds is 7. The normalized spacial score (nSPS) is 11.7. The number of nitrogens with zero attached hydrogens (tertiary/aromatic N) is 3. The largest absolute Gasteiger partial charge is 0.494 e. The molecule has 0 atom stereocenters. The Kier molecular flexibility index (Phi) is 5.99. The van der Waals surface area contributed by atoms with Crippen LogP contribution in [0.5, 0.6) is 5.75 Å². The van der Waals surface area contributed by atoms with E-state index in [1.54, 1.807) is 22.7 Å². The van der Waals surface area contributed by atoms with Gasteiger partial charge in [-0.05, 0) is 54.8 Å². The van der Waals surface area contributed by atoms with Crippen LogP contribution in [-0.2, 0) is 13.0 Å². The summed E-state index contributed by atoms with van der Waals surface area (Å²) in [5, 5.41) is 4.30. The maximum absolute atomic E-state index is 5.53. The SMILES string of the molecule is CCOc1ccc(N=c2scc(-c3cccs3)n2CCc2ccccn2)cc1. The summed E-state index contributed by atoms with van der Waals surface area (Å²) < 4.78 is 7.82. The van der Waals surface area contributed by atoms with E-state index < -0.39 is 0 Å². The summed E-state index contributed by atoms with van der Waals surface area (Å²) in [5.41, 5.74) is 3.22. The Bertz CT molecular complexity index is 1070. The first-order valence-electron chi connectivity index (χ1n) is 9.23. The Balaban J connectivity index is 1.68. The van der Waals surface area contributed by atoms with Gasteiger partial charge in [0.25, 0.3) is 0 Å². The molecule has 0 saturated heterocycles. The number of pyridine rings is 1. The summed E-state index contributed by atoms with van der Waals surface area (Å²) in [4.78, 5) is 11.6. The number of thiophene rings is 1. The number of hydrogen-bond donors (Lipinski definition) is 0. The van der Waals surface area contributed by atoms with Gasteiger partial charge in [0.1, 0.15) is 5.75 Å². The van der Waals surface area contributed by atoms with Crippen molar-refractivity contribution < 1.29 is 4.74 Å². The van der Waals surface area contributed by atoms with E-state index in [2.05, 4.69) is 38.5 Å². The maximum atomic E-state index is 5.53. The number of ether oxygens (including phenoxy) is 1. The maximum Gasteiger partial charge on any atom is 0.190 e. The van der Waals surface area contributed by atoms with Crippen LogP contribution in [0, 0.1) is 0 Å². The number of aromatic nitrogens is 2. The lowest BCUT2D eigenvalue weighted by atomic mass is 10.2.